The van der Waals surface area contributed by atoms with Gasteiger partial charge in [0, 0.05) is 18.1 Å². The van der Waals surface area contributed by atoms with Crippen LogP contribution >= 0.6 is 11.3 Å². The van der Waals surface area contributed by atoms with Gasteiger partial charge in [-0.15, -0.1) is 11.3 Å². The summed E-state index contributed by atoms with van der Waals surface area (Å²) in [7, 11) is 1.41. The summed E-state index contributed by atoms with van der Waals surface area (Å²) in [6.45, 7) is 1.33. The molecule has 0 aliphatic heterocycles. The van der Waals surface area contributed by atoms with Crippen molar-refractivity contribution in [2.24, 2.45) is 5.73 Å². The molecule has 0 radical (unpaired) electrons. The first-order valence-electron chi connectivity index (χ1n) is 9.71. The zero-order valence-electron chi connectivity index (χ0n) is 17.7. The summed E-state index contributed by atoms with van der Waals surface area (Å²) in [5, 5.41) is 14.9. The molecule has 3 rings (SSSR count). The first-order chi connectivity index (χ1) is 15.7. The van der Waals surface area contributed by atoms with Gasteiger partial charge in [0.25, 0.3) is 5.91 Å². The number of carbonyl (C=O) groups excluding carboxylic acids is 2. The Kier molecular flexibility index (Phi) is 7.51. The monoisotopic (exact) mass is 477 g/mol. The zero-order valence-corrected chi connectivity index (χ0v) is 18.5. The summed E-state index contributed by atoms with van der Waals surface area (Å²) < 4.78 is 34.4. The Morgan fingerprint density at radius 1 is 1.27 bits per heavy atom. The lowest BCUT2D eigenvalue weighted by molar-refractivity contribution is 0.100. The third kappa shape index (κ3) is 5.99. The molecule has 0 fully saturated rings. The van der Waals surface area contributed by atoms with Crippen LogP contribution in [0.2, 0.25) is 0 Å². The molecule has 33 heavy (non-hydrogen) atoms. The molecule has 0 aliphatic rings. The molecule has 0 spiro atoms. The van der Waals surface area contributed by atoms with Crippen molar-refractivity contribution in [2.45, 2.75) is 26.1 Å². The smallest absolute Gasteiger partial charge is 0.407 e. The number of aliphatic hydroxyl groups is 1. The average Bonchev–Trinajstić information content (AvgIpc) is 3.14. The molecule has 1 aromatic carbocycles. The quantitative estimate of drug-likeness (QED) is 0.391. The van der Waals surface area contributed by atoms with Crippen molar-refractivity contribution in [3.05, 3.63) is 59.0 Å². The molecule has 5 N–H and O–H groups in total. The van der Waals surface area contributed by atoms with E-state index in [9.17, 15) is 23.5 Å². The summed E-state index contributed by atoms with van der Waals surface area (Å²) in [5.74, 6) is -2.02. The van der Waals surface area contributed by atoms with Crippen LogP contribution in [0, 0.1) is 11.6 Å². The maximum Gasteiger partial charge on any atom is 0.407 e. The van der Waals surface area contributed by atoms with Crippen molar-refractivity contribution in [3.63, 3.8) is 0 Å². The lowest BCUT2D eigenvalue weighted by Crippen LogP contribution is -2.19. The van der Waals surface area contributed by atoms with Crippen molar-refractivity contribution < 1.29 is 28.2 Å². The SMILES string of the molecule is CNC(=O)OCc1nccc(Nc2sc(-c3c(F)cc(CC(C)O)cc3F)cc2C(N)=O)n1. The van der Waals surface area contributed by atoms with E-state index in [0.29, 0.717) is 5.56 Å². The van der Waals surface area contributed by atoms with Gasteiger partial charge in [0.05, 0.1) is 17.2 Å². The number of alkyl carbamates (subject to hydrolysis) is 1. The molecule has 1 unspecified atom stereocenters. The molecule has 0 aliphatic carbocycles. The number of primary amides is 1. The normalized spacial score (nSPS) is 11.7. The number of aliphatic hydroxyl groups excluding tert-OH is 1. The third-order valence-corrected chi connectivity index (χ3v) is 5.43. The van der Waals surface area contributed by atoms with Gasteiger partial charge in [-0.3, -0.25) is 4.79 Å². The number of amides is 2. The minimum absolute atomic E-state index is 0.0172. The lowest BCUT2D eigenvalue weighted by Gasteiger charge is -2.08. The van der Waals surface area contributed by atoms with Gasteiger partial charge in [0.1, 0.15) is 22.5 Å². The summed E-state index contributed by atoms with van der Waals surface area (Å²) >= 11 is 0.914. The van der Waals surface area contributed by atoms with E-state index in [2.05, 4.69) is 20.6 Å². The fraction of sp³-hybridized carbons (Fsp3) is 0.238. The topological polar surface area (TPSA) is 139 Å². The molecule has 2 heterocycles. The van der Waals surface area contributed by atoms with Gasteiger partial charge in [0.2, 0.25) is 0 Å². The van der Waals surface area contributed by atoms with Gasteiger partial charge in [-0.1, -0.05) is 0 Å². The van der Waals surface area contributed by atoms with Gasteiger partial charge < -0.3 is 26.2 Å². The molecular weight excluding hydrogens is 456 g/mol. The second kappa shape index (κ2) is 10.3. The second-order valence-corrected chi connectivity index (χ2v) is 8.07. The Balaban J connectivity index is 1.91. The van der Waals surface area contributed by atoms with Crippen molar-refractivity contribution >= 4 is 34.2 Å². The minimum atomic E-state index is -0.829. The molecule has 3 aromatic rings. The first-order valence-corrected chi connectivity index (χ1v) is 10.5. The molecule has 2 aromatic heterocycles. The van der Waals surface area contributed by atoms with E-state index >= 15 is 0 Å². The number of benzene rings is 1. The predicted octanol–water partition coefficient (Wildman–Crippen LogP) is 3.11. The number of anilines is 2. The van der Waals surface area contributed by atoms with Crippen molar-refractivity contribution in [1.29, 1.82) is 0 Å². The number of ether oxygens (including phenoxy) is 1. The zero-order chi connectivity index (χ0) is 24.1. The number of hydrogen-bond donors (Lipinski definition) is 4. The number of halogens is 2. The van der Waals surface area contributed by atoms with E-state index in [1.807, 2.05) is 0 Å². The number of rotatable bonds is 8. The number of nitrogens with two attached hydrogens (primary N) is 1. The molecule has 2 amide bonds. The van der Waals surface area contributed by atoms with Crippen LogP contribution in [0.4, 0.5) is 24.4 Å². The number of nitrogens with zero attached hydrogens (tertiary/aromatic N) is 2. The van der Waals surface area contributed by atoms with E-state index in [1.165, 1.54) is 32.3 Å². The standard InChI is InChI=1S/C21H21F2N5O4S/c1-10(29)5-11-6-13(22)18(14(23)7-11)15-8-12(19(24)30)20(33-15)28-16-3-4-26-17(27-16)9-32-21(31)25-2/h3-4,6-8,10,29H,5,9H2,1-2H3,(H2,24,30)(H,25,31)(H,26,27,28). The molecule has 174 valence electrons. The van der Waals surface area contributed by atoms with Gasteiger partial charge in [-0.25, -0.2) is 23.5 Å². The average molecular weight is 477 g/mol. The number of aromatic nitrogens is 2. The van der Waals surface area contributed by atoms with Gasteiger partial charge in [-0.05, 0) is 43.2 Å². The minimum Gasteiger partial charge on any atom is -0.441 e. The summed E-state index contributed by atoms with van der Waals surface area (Å²) in [6, 6.07) is 5.08. The highest BCUT2D eigenvalue weighted by molar-refractivity contribution is 7.20. The van der Waals surface area contributed by atoms with Crippen molar-refractivity contribution in [2.75, 3.05) is 12.4 Å². The Bertz CT molecular complexity index is 1160. The van der Waals surface area contributed by atoms with Gasteiger partial charge in [0.15, 0.2) is 12.4 Å². The Morgan fingerprint density at radius 3 is 2.58 bits per heavy atom. The number of thiophene rings is 1. The highest BCUT2D eigenvalue weighted by atomic mass is 32.1. The van der Waals surface area contributed by atoms with Crippen molar-refractivity contribution in [3.8, 4) is 10.4 Å². The lowest BCUT2D eigenvalue weighted by atomic mass is 10.0. The van der Waals surface area contributed by atoms with Gasteiger partial charge in [-0.2, -0.15) is 0 Å². The number of nitrogens with one attached hydrogen (secondary N) is 2. The maximum absolute atomic E-state index is 14.7. The number of hydrogen-bond acceptors (Lipinski definition) is 8. The molecule has 0 saturated carbocycles. The predicted molar refractivity (Wildman–Crippen MR) is 118 cm³/mol. The summed E-state index contributed by atoms with van der Waals surface area (Å²) in [4.78, 5) is 31.5. The maximum atomic E-state index is 14.7. The van der Waals surface area contributed by atoms with E-state index in [1.54, 1.807) is 0 Å². The second-order valence-electron chi connectivity index (χ2n) is 7.01. The molecule has 9 nitrogen and oxygen atoms in total. The molecule has 0 saturated heterocycles. The number of carbonyl (C=O) groups is 2. The fourth-order valence-corrected chi connectivity index (χ4v) is 4.09. The van der Waals surface area contributed by atoms with Crippen LogP contribution in [0.3, 0.4) is 0 Å². The molecule has 1 atom stereocenters. The Labute approximate surface area is 191 Å². The largest absolute Gasteiger partial charge is 0.441 e. The molecular formula is C21H21F2N5O4S. The van der Waals surface area contributed by atoms with Crippen LogP contribution in [-0.4, -0.2) is 40.2 Å². The highest BCUT2D eigenvalue weighted by Crippen LogP contribution is 2.39. The Hall–Kier alpha value is -3.64. The van der Waals surface area contributed by atoms with E-state index in [-0.39, 0.29) is 45.7 Å². The van der Waals surface area contributed by atoms with Crippen LogP contribution in [0.1, 0.15) is 28.7 Å². The first kappa shape index (κ1) is 24.0. The van der Waals surface area contributed by atoms with E-state index in [0.717, 1.165) is 23.5 Å². The van der Waals surface area contributed by atoms with Crippen LogP contribution < -0.4 is 16.4 Å². The summed E-state index contributed by atoms with van der Waals surface area (Å²) in [6.07, 6.45) is 0.0984. The highest BCUT2D eigenvalue weighted by Gasteiger charge is 2.21. The van der Waals surface area contributed by atoms with E-state index in [4.69, 9.17) is 10.5 Å². The van der Waals surface area contributed by atoms with Crippen LogP contribution in [-0.2, 0) is 17.8 Å². The van der Waals surface area contributed by atoms with Crippen LogP contribution in [0.25, 0.3) is 10.4 Å². The van der Waals surface area contributed by atoms with Crippen molar-refractivity contribution in [1.82, 2.24) is 15.3 Å². The van der Waals surface area contributed by atoms with Gasteiger partial charge >= 0.3 is 6.09 Å². The summed E-state index contributed by atoms with van der Waals surface area (Å²) in [5.41, 5.74) is 5.47. The molecule has 12 heteroatoms. The van der Waals surface area contributed by atoms with Crippen LogP contribution in [0.5, 0.6) is 0 Å². The fourth-order valence-electron chi connectivity index (χ4n) is 2.97. The van der Waals surface area contributed by atoms with Crippen LogP contribution in [0.15, 0.2) is 30.5 Å². The third-order valence-electron chi connectivity index (χ3n) is 4.36. The molecule has 0 bridgehead atoms. The van der Waals surface area contributed by atoms with E-state index < -0.39 is 29.7 Å². The Morgan fingerprint density at radius 2 is 1.97 bits per heavy atom.